The van der Waals surface area contributed by atoms with Gasteiger partial charge in [-0.3, -0.25) is 0 Å². The molecule has 0 aromatic heterocycles. The van der Waals surface area contributed by atoms with Crippen LogP contribution in [0.25, 0.3) is 0 Å². The minimum absolute atomic E-state index is 0.510. The minimum atomic E-state index is -0.773. The molecule has 0 heterocycles. The number of rotatable bonds is 50. The van der Waals surface area contributed by atoms with Crippen LogP contribution >= 0.6 is 0 Å². The van der Waals surface area contributed by atoms with E-state index in [-0.39, 0.29) is 0 Å². The Bertz CT molecular complexity index is 1170. The van der Waals surface area contributed by atoms with Crippen LogP contribution in [-0.4, -0.2) is 24.2 Å². The summed E-state index contributed by atoms with van der Waals surface area (Å²) in [5.41, 5.74) is 2.80. The van der Waals surface area contributed by atoms with Gasteiger partial charge in [0.2, 0.25) is 0 Å². The average Bonchev–Trinajstić information content (AvgIpc) is 3.30. The highest BCUT2D eigenvalue weighted by Crippen LogP contribution is 2.29. The predicted octanol–water partition coefficient (Wildman–Crippen LogP) is 20.8. The van der Waals surface area contributed by atoms with Crippen LogP contribution in [0.3, 0.4) is 0 Å². The zero-order valence-corrected chi connectivity index (χ0v) is 43.3. The zero-order valence-electron chi connectivity index (χ0n) is 43.3. The molecule has 0 amide bonds. The summed E-state index contributed by atoms with van der Waals surface area (Å²) in [5, 5.41) is 10.4. The maximum Gasteiger partial charge on any atom is 0.337 e. The third kappa shape index (κ3) is 37.9. The summed E-state index contributed by atoms with van der Waals surface area (Å²) in [6.45, 7) is 8.81. The smallest absolute Gasteiger partial charge is 0.337 e. The first-order chi connectivity index (χ1) is 31.7. The van der Waals surface area contributed by atoms with Gasteiger partial charge in [0.15, 0.2) is 0 Å². The van der Waals surface area contributed by atoms with E-state index >= 15 is 0 Å². The predicted molar refractivity (Wildman–Crippen MR) is 288 cm³/mol. The van der Waals surface area contributed by atoms with Crippen LogP contribution < -0.4 is 4.90 Å². The molecule has 64 heavy (non-hydrogen) atoms. The highest BCUT2D eigenvalue weighted by Gasteiger charge is 2.20. The van der Waals surface area contributed by atoms with E-state index in [9.17, 15) is 9.90 Å². The van der Waals surface area contributed by atoms with E-state index in [0.29, 0.717) is 5.56 Å². The van der Waals surface area contributed by atoms with Gasteiger partial charge in [-0.1, -0.05) is 243 Å². The lowest BCUT2D eigenvalue weighted by atomic mass is 9.98. The highest BCUT2D eigenvalue weighted by molar-refractivity contribution is 5.95. The van der Waals surface area contributed by atoms with Gasteiger partial charge in [0.25, 0.3) is 0 Å². The number of hydrogen-bond donors (Lipinski definition) is 1. The van der Waals surface area contributed by atoms with Crippen molar-refractivity contribution in [1.29, 1.82) is 0 Å². The van der Waals surface area contributed by atoms with E-state index in [0.717, 1.165) is 44.5 Å². The Morgan fingerprint density at radius 1 is 0.391 bits per heavy atom. The molecular weight excluding hydrogens is 779 g/mol. The van der Waals surface area contributed by atoms with Crippen molar-refractivity contribution in [2.24, 2.45) is 0 Å². The number of nitrogens with zero attached hydrogens (tertiary/aromatic N) is 1. The Balaban J connectivity index is 2.57. The van der Waals surface area contributed by atoms with Crippen LogP contribution in [0.4, 0.5) is 5.69 Å². The van der Waals surface area contributed by atoms with Gasteiger partial charge >= 0.3 is 5.97 Å². The Labute approximate surface area is 400 Å². The molecule has 1 aromatic rings. The normalized spacial score (nSPS) is 11.9. The van der Waals surface area contributed by atoms with Crippen LogP contribution in [0.15, 0.2) is 54.7 Å². The summed E-state index contributed by atoms with van der Waals surface area (Å²) >= 11 is 0. The zero-order chi connectivity index (χ0) is 46.1. The topological polar surface area (TPSA) is 40.5 Å². The van der Waals surface area contributed by atoms with E-state index in [1.54, 1.807) is 0 Å². The second kappa shape index (κ2) is 48.6. The van der Waals surface area contributed by atoms with E-state index in [4.69, 9.17) is 0 Å². The molecule has 0 saturated heterocycles. The Morgan fingerprint density at radius 2 is 0.672 bits per heavy atom. The van der Waals surface area contributed by atoms with Crippen molar-refractivity contribution >= 4 is 11.7 Å². The molecule has 370 valence electrons. The number of benzene rings is 1. The standard InChI is InChI=1S/C61H109NO2/c1-4-7-10-13-16-19-22-25-28-31-34-37-40-43-46-49-53-58-54-52-55-59(61(63)64)60(58)62(56-50-47-44-41-38-35-32-29-26-23-20-17-14-11-8-5-2)57-51-48-45-42-39-36-33-30-27-24-21-18-15-12-9-6-3/h25-30,52,54-55H,4-24,31-51,53,56-57H2,1-3H3,(H,63,64). The molecule has 0 aliphatic rings. The van der Waals surface area contributed by atoms with Gasteiger partial charge in [0.1, 0.15) is 0 Å². The largest absolute Gasteiger partial charge is 0.478 e. The lowest BCUT2D eigenvalue weighted by molar-refractivity contribution is 0.0697. The van der Waals surface area contributed by atoms with Crippen molar-refractivity contribution < 1.29 is 9.90 Å². The average molecular weight is 889 g/mol. The number of para-hydroxylation sites is 1. The molecule has 0 atom stereocenters. The third-order valence-corrected chi connectivity index (χ3v) is 13.5. The van der Waals surface area contributed by atoms with Gasteiger partial charge in [-0.15, -0.1) is 0 Å². The molecule has 0 unspecified atom stereocenters. The second-order valence-electron chi connectivity index (χ2n) is 19.7. The van der Waals surface area contributed by atoms with Gasteiger partial charge in [-0.05, 0) is 114 Å². The fourth-order valence-corrected chi connectivity index (χ4v) is 9.34. The first-order valence-electron chi connectivity index (χ1n) is 28.7. The Kier molecular flexibility index (Phi) is 45.4. The SMILES string of the molecule is CCCCCCCCC=CCCCCCCCCc1cccc(C(=O)O)c1N(CCCCCCCCC=CCCCCCCCC)CCCCCCCCC=CCCCCCCCC. The maximum absolute atomic E-state index is 12.7. The number of carboxylic acids is 1. The summed E-state index contributed by atoms with van der Waals surface area (Å²) in [7, 11) is 0. The van der Waals surface area contributed by atoms with E-state index in [1.165, 1.54) is 256 Å². The molecule has 3 heteroatoms. The van der Waals surface area contributed by atoms with E-state index in [1.807, 2.05) is 12.1 Å². The van der Waals surface area contributed by atoms with E-state index in [2.05, 4.69) is 68.2 Å². The molecule has 0 saturated carbocycles. The number of aromatic carboxylic acids is 1. The molecule has 1 N–H and O–H groups in total. The van der Waals surface area contributed by atoms with Crippen molar-refractivity contribution in [3.63, 3.8) is 0 Å². The lowest BCUT2D eigenvalue weighted by Crippen LogP contribution is -2.29. The maximum atomic E-state index is 12.7. The van der Waals surface area contributed by atoms with Crippen LogP contribution in [0.1, 0.15) is 306 Å². The number of carbonyl (C=O) groups is 1. The Hall–Kier alpha value is -2.29. The van der Waals surface area contributed by atoms with Crippen molar-refractivity contribution in [1.82, 2.24) is 0 Å². The van der Waals surface area contributed by atoms with Crippen LogP contribution in [0.5, 0.6) is 0 Å². The molecule has 3 nitrogen and oxygen atoms in total. The molecule has 0 bridgehead atoms. The molecule has 0 spiro atoms. The van der Waals surface area contributed by atoms with Gasteiger partial charge in [-0.2, -0.15) is 0 Å². The van der Waals surface area contributed by atoms with Crippen molar-refractivity contribution in [3.8, 4) is 0 Å². The number of aryl methyl sites for hydroxylation is 1. The van der Waals surface area contributed by atoms with Crippen LogP contribution in [0.2, 0.25) is 0 Å². The fourth-order valence-electron chi connectivity index (χ4n) is 9.34. The lowest BCUT2D eigenvalue weighted by Gasteiger charge is -2.29. The molecule has 0 aliphatic carbocycles. The van der Waals surface area contributed by atoms with Crippen molar-refractivity contribution in [3.05, 3.63) is 65.8 Å². The van der Waals surface area contributed by atoms with Crippen molar-refractivity contribution in [2.75, 3.05) is 18.0 Å². The monoisotopic (exact) mass is 888 g/mol. The van der Waals surface area contributed by atoms with Gasteiger partial charge in [0, 0.05) is 13.1 Å². The number of anilines is 1. The minimum Gasteiger partial charge on any atom is -0.478 e. The number of unbranched alkanes of at least 4 members (excludes halogenated alkanes) is 36. The summed E-state index contributed by atoms with van der Waals surface area (Å²) < 4.78 is 0. The molecule has 0 fully saturated rings. The molecule has 0 radical (unpaired) electrons. The first kappa shape index (κ1) is 59.7. The third-order valence-electron chi connectivity index (χ3n) is 13.5. The van der Waals surface area contributed by atoms with Gasteiger partial charge < -0.3 is 10.0 Å². The van der Waals surface area contributed by atoms with Crippen molar-refractivity contribution in [2.45, 2.75) is 297 Å². The number of carboxylic acid groups (broad SMARTS) is 1. The molecule has 1 aromatic carbocycles. The number of hydrogen-bond acceptors (Lipinski definition) is 2. The highest BCUT2D eigenvalue weighted by atomic mass is 16.4. The Morgan fingerprint density at radius 3 is 0.984 bits per heavy atom. The van der Waals surface area contributed by atoms with E-state index < -0.39 is 5.97 Å². The number of allylic oxidation sites excluding steroid dienone is 6. The van der Waals surface area contributed by atoms with Crippen LogP contribution in [0, 0.1) is 0 Å². The fraction of sp³-hybridized carbons (Fsp3) is 0.787. The second-order valence-corrected chi connectivity index (χ2v) is 19.7. The van der Waals surface area contributed by atoms with Gasteiger partial charge in [0.05, 0.1) is 11.3 Å². The molecule has 0 aliphatic heterocycles. The summed E-state index contributed by atoms with van der Waals surface area (Å²) in [6.07, 6.45) is 70.6. The quantitative estimate of drug-likeness (QED) is 0.0523. The summed E-state index contributed by atoms with van der Waals surface area (Å²) in [4.78, 5) is 15.2. The molecular formula is C61H109NO2. The summed E-state index contributed by atoms with van der Waals surface area (Å²) in [6, 6.07) is 6.09. The van der Waals surface area contributed by atoms with Gasteiger partial charge in [-0.25, -0.2) is 4.79 Å². The molecule has 1 rings (SSSR count). The van der Waals surface area contributed by atoms with Crippen LogP contribution in [-0.2, 0) is 6.42 Å². The first-order valence-corrected chi connectivity index (χ1v) is 28.7. The summed E-state index contributed by atoms with van der Waals surface area (Å²) in [5.74, 6) is -0.773.